The molecule has 0 bridgehead atoms. The van der Waals surface area contributed by atoms with Crippen molar-refractivity contribution in [3.63, 3.8) is 0 Å². The molecule has 2 nitrogen and oxygen atoms in total. The van der Waals surface area contributed by atoms with E-state index in [2.05, 4.69) is 16.4 Å². The average molecular weight is 245 g/mol. The van der Waals surface area contributed by atoms with E-state index in [0.29, 0.717) is 0 Å². The zero-order valence-electron chi connectivity index (χ0n) is 9.41. The van der Waals surface area contributed by atoms with Crippen LogP contribution in [0.2, 0.25) is 5.02 Å². The van der Waals surface area contributed by atoms with Crippen molar-refractivity contribution >= 4 is 11.6 Å². The molecule has 2 aromatic rings. The van der Waals surface area contributed by atoms with Gasteiger partial charge in [-0.2, -0.15) is 0 Å². The van der Waals surface area contributed by atoms with Crippen molar-refractivity contribution < 1.29 is 0 Å². The molecule has 2 heterocycles. The molecule has 0 unspecified atom stereocenters. The molecule has 3 heteroatoms. The van der Waals surface area contributed by atoms with Crippen LogP contribution in [0.4, 0.5) is 0 Å². The van der Waals surface area contributed by atoms with Gasteiger partial charge in [0.25, 0.3) is 0 Å². The normalized spacial score (nSPS) is 14.4. The number of pyridine rings is 1. The minimum atomic E-state index is 0.830. The molecule has 1 aromatic carbocycles. The smallest absolute Gasteiger partial charge is 0.0487 e. The standard InChI is InChI=1S/C14H13ClN2/c15-13-2-1-11-9-17-8-5-12(11)14(13)10-3-6-16-7-4-10/h1-4,6-7,17H,5,8-9H2. The van der Waals surface area contributed by atoms with Gasteiger partial charge in [0.1, 0.15) is 0 Å². The highest BCUT2D eigenvalue weighted by Gasteiger charge is 2.16. The minimum absolute atomic E-state index is 0.830. The van der Waals surface area contributed by atoms with Gasteiger partial charge >= 0.3 is 0 Å². The predicted molar refractivity (Wildman–Crippen MR) is 70.1 cm³/mol. The fourth-order valence-corrected chi connectivity index (χ4v) is 2.67. The first kappa shape index (κ1) is 10.8. The van der Waals surface area contributed by atoms with Crippen molar-refractivity contribution in [2.75, 3.05) is 6.54 Å². The lowest BCUT2D eigenvalue weighted by Gasteiger charge is -2.21. The Labute approximate surface area is 106 Å². The van der Waals surface area contributed by atoms with Crippen LogP contribution in [0.25, 0.3) is 11.1 Å². The summed E-state index contributed by atoms with van der Waals surface area (Å²) in [6.07, 6.45) is 4.66. The van der Waals surface area contributed by atoms with Gasteiger partial charge in [0.2, 0.25) is 0 Å². The van der Waals surface area contributed by atoms with Gasteiger partial charge in [0.15, 0.2) is 0 Å². The number of rotatable bonds is 1. The molecular weight excluding hydrogens is 232 g/mol. The molecule has 0 spiro atoms. The van der Waals surface area contributed by atoms with E-state index in [4.69, 9.17) is 11.6 Å². The van der Waals surface area contributed by atoms with Crippen LogP contribution in [0.5, 0.6) is 0 Å². The van der Waals surface area contributed by atoms with Crippen LogP contribution in [-0.4, -0.2) is 11.5 Å². The van der Waals surface area contributed by atoms with E-state index in [1.165, 1.54) is 16.7 Å². The van der Waals surface area contributed by atoms with Crippen LogP contribution < -0.4 is 5.32 Å². The molecule has 0 saturated carbocycles. The van der Waals surface area contributed by atoms with Crippen molar-refractivity contribution in [3.8, 4) is 11.1 Å². The Bertz CT molecular complexity index is 537. The molecule has 1 aliphatic heterocycles. The summed E-state index contributed by atoms with van der Waals surface area (Å²) in [4.78, 5) is 4.06. The monoisotopic (exact) mass is 244 g/mol. The first-order valence-corrected chi connectivity index (χ1v) is 6.15. The molecule has 86 valence electrons. The molecule has 0 fully saturated rings. The maximum absolute atomic E-state index is 6.35. The highest BCUT2D eigenvalue weighted by atomic mass is 35.5. The second-order valence-corrected chi connectivity index (χ2v) is 4.63. The van der Waals surface area contributed by atoms with Gasteiger partial charge in [-0.1, -0.05) is 17.7 Å². The topological polar surface area (TPSA) is 24.9 Å². The van der Waals surface area contributed by atoms with E-state index in [0.717, 1.165) is 30.1 Å². The number of aromatic nitrogens is 1. The third-order valence-corrected chi connectivity index (χ3v) is 3.51. The number of nitrogens with one attached hydrogen (secondary N) is 1. The van der Waals surface area contributed by atoms with Crippen LogP contribution in [0.1, 0.15) is 11.1 Å². The molecule has 0 aliphatic carbocycles. The van der Waals surface area contributed by atoms with Crippen molar-refractivity contribution in [3.05, 3.63) is 52.8 Å². The van der Waals surface area contributed by atoms with Gasteiger partial charge in [-0.15, -0.1) is 0 Å². The largest absolute Gasteiger partial charge is 0.312 e. The van der Waals surface area contributed by atoms with Gasteiger partial charge < -0.3 is 5.32 Å². The molecule has 1 aliphatic rings. The number of halogens is 1. The third-order valence-electron chi connectivity index (χ3n) is 3.20. The molecule has 1 N–H and O–H groups in total. The Balaban J connectivity index is 2.21. The van der Waals surface area contributed by atoms with Gasteiger partial charge in [-0.05, 0) is 47.9 Å². The van der Waals surface area contributed by atoms with Crippen LogP contribution >= 0.6 is 11.6 Å². The third kappa shape index (κ3) is 1.94. The predicted octanol–water partition coefficient (Wildman–Crippen LogP) is 3.05. The number of benzene rings is 1. The number of nitrogens with zero attached hydrogens (tertiary/aromatic N) is 1. The van der Waals surface area contributed by atoms with Crippen LogP contribution in [0.3, 0.4) is 0 Å². The number of fused-ring (bicyclic) bond motifs is 1. The molecule has 0 amide bonds. The quantitative estimate of drug-likeness (QED) is 0.834. The molecule has 3 rings (SSSR count). The van der Waals surface area contributed by atoms with E-state index >= 15 is 0 Å². The maximum atomic E-state index is 6.35. The Morgan fingerprint density at radius 3 is 2.76 bits per heavy atom. The molecule has 0 atom stereocenters. The van der Waals surface area contributed by atoms with Gasteiger partial charge in [-0.25, -0.2) is 0 Å². The Kier molecular flexibility index (Phi) is 2.83. The van der Waals surface area contributed by atoms with Crippen LogP contribution in [0, 0.1) is 0 Å². The molecule has 17 heavy (non-hydrogen) atoms. The van der Waals surface area contributed by atoms with Crippen LogP contribution in [-0.2, 0) is 13.0 Å². The fourth-order valence-electron chi connectivity index (χ4n) is 2.38. The average Bonchev–Trinajstić information content (AvgIpc) is 2.39. The summed E-state index contributed by atoms with van der Waals surface area (Å²) in [5, 5.41) is 4.21. The molecule has 1 aromatic heterocycles. The van der Waals surface area contributed by atoms with E-state index in [9.17, 15) is 0 Å². The van der Waals surface area contributed by atoms with E-state index in [1.807, 2.05) is 30.6 Å². The SMILES string of the molecule is Clc1ccc2c(c1-c1ccncc1)CCNC2. The lowest BCUT2D eigenvalue weighted by Crippen LogP contribution is -2.24. The molecular formula is C14H13ClN2. The maximum Gasteiger partial charge on any atom is 0.0487 e. The number of hydrogen-bond acceptors (Lipinski definition) is 2. The van der Waals surface area contributed by atoms with Crippen molar-refractivity contribution in [2.24, 2.45) is 0 Å². The van der Waals surface area contributed by atoms with Crippen molar-refractivity contribution in [1.29, 1.82) is 0 Å². The summed E-state index contributed by atoms with van der Waals surface area (Å²) in [5.74, 6) is 0. The van der Waals surface area contributed by atoms with Gasteiger partial charge in [-0.3, -0.25) is 4.98 Å². The van der Waals surface area contributed by atoms with Crippen LogP contribution in [0.15, 0.2) is 36.7 Å². The summed E-state index contributed by atoms with van der Waals surface area (Å²) < 4.78 is 0. The summed E-state index contributed by atoms with van der Waals surface area (Å²) in [7, 11) is 0. The highest BCUT2D eigenvalue weighted by molar-refractivity contribution is 6.33. The van der Waals surface area contributed by atoms with Crippen molar-refractivity contribution in [2.45, 2.75) is 13.0 Å². The second kappa shape index (κ2) is 4.47. The zero-order chi connectivity index (χ0) is 11.7. The minimum Gasteiger partial charge on any atom is -0.312 e. The van der Waals surface area contributed by atoms with E-state index in [-0.39, 0.29) is 0 Å². The second-order valence-electron chi connectivity index (χ2n) is 4.22. The zero-order valence-corrected chi connectivity index (χ0v) is 10.2. The Morgan fingerprint density at radius 2 is 1.94 bits per heavy atom. The Hall–Kier alpha value is -1.38. The Morgan fingerprint density at radius 1 is 1.12 bits per heavy atom. The van der Waals surface area contributed by atoms with E-state index in [1.54, 1.807) is 0 Å². The summed E-state index contributed by atoms with van der Waals surface area (Å²) in [6.45, 7) is 1.95. The highest BCUT2D eigenvalue weighted by Crippen LogP contribution is 2.34. The molecule has 0 radical (unpaired) electrons. The number of hydrogen-bond donors (Lipinski definition) is 1. The lowest BCUT2D eigenvalue weighted by atomic mass is 9.92. The van der Waals surface area contributed by atoms with Gasteiger partial charge in [0, 0.05) is 29.5 Å². The first-order valence-electron chi connectivity index (χ1n) is 5.77. The fraction of sp³-hybridized carbons (Fsp3) is 0.214. The van der Waals surface area contributed by atoms with Crippen molar-refractivity contribution in [1.82, 2.24) is 10.3 Å². The summed E-state index contributed by atoms with van der Waals surface area (Å²) >= 11 is 6.35. The molecule has 0 saturated heterocycles. The lowest BCUT2D eigenvalue weighted by molar-refractivity contribution is 0.645. The first-order chi connectivity index (χ1) is 8.36. The van der Waals surface area contributed by atoms with Gasteiger partial charge in [0.05, 0.1) is 0 Å². The summed E-state index contributed by atoms with van der Waals surface area (Å²) in [6, 6.07) is 8.14. The van der Waals surface area contributed by atoms with E-state index < -0.39 is 0 Å². The summed E-state index contributed by atoms with van der Waals surface area (Å²) in [5.41, 5.74) is 5.06.